The van der Waals surface area contributed by atoms with E-state index in [1.165, 1.54) is 11.3 Å². The van der Waals surface area contributed by atoms with Gasteiger partial charge in [-0.2, -0.15) is 0 Å². The first-order valence-corrected chi connectivity index (χ1v) is 6.35. The monoisotopic (exact) mass is 259 g/mol. The number of hydrogen-bond donors (Lipinski definition) is 2. The molecule has 5 heteroatoms. The fourth-order valence-corrected chi connectivity index (χ4v) is 2.59. The van der Waals surface area contributed by atoms with Gasteiger partial charge in [0.15, 0.2) is 0 Å². The van der Waals surface area contributed by atoms with E-state index in [4.69, 9.17) is 5.73 Å². The Morgan fingerprint density at radius 1 is 1.61 bits per heavy atom. The van der Waals surface area contributed by atoms with Crippen molar-refractivity contribution in [3.05, 3.63) is 23.3 Å². The van der Waals surface area contributed by atoms with Crippen molar-refractivity contribution >= 4 is 33.0 Å². The van der Waals surface area contributed by atoms with Crippen LogP contribution in [0, 0.1) is 11.8 Å². The Kier molecular flexibility index (Phi) is 3.80. The molecule has 0 aromatic carbocycles. The van der Waals surface area contributed by atoms with Crippen LogP contribution >= 0.6 is 11.3 Å². The highest BCUT2D eigenvalue weighted by atomic mass is 32.1. The SMILES string of the molecule is CC#CCCNC(=O)c1sc2cnccc2c1N. The summed E-state index contributed by atoms with van der Waals surface area (Å²) in [4.78, 5) is 16.5. The average molecular weight is 259 g/mol. The second-order valence-corrected chi connectivity index (χ2v) is 4.70. The zero-order valence-corrected chi connectivity index (χ0v) is 10.8. The standard InChI is InChI=1S/C13H13N3OS/c1-2-3-4-6-16-13(17)12-11(14)9-5-7-15-8-10(9)18-12/h5,7-8H,4,6,14H2,1H3,(H,16,17). The zero-order valence-electron chi connectivity index (χ0n) is 9.99. The molecule has 1 amide bonds. The number of fused-ring (bicyclic) bond motifs is 1. The van der Waals surface area contributed by atoms with E-state index in [-0.39, 0.29) is 5.91 Å². The van der Waals surface area contributed by atoms with Crippen LogP contribution in [0.5, 0.6) is 0 Å². The number of pyridine rings is 1. The lowest BCUT2D eigenvalue weighted by Crippen LogP contribution is -2.24. The molecule has 0 saturated heterocycles. The van der Waals surface area contributed by atoms with E-state index in [1.54, 1.807) is 19.3 Å². The molecule has 92 valence electrons. The number of amides is 1. The van der Waals surface area contributed by atoms with Crippen molar-refractivity contribution in [2.75, 3.05) is 12.3 Å². The topological polar surface area (TPSA) is 68.0 Å². The van der Waals surface area contributed by atoms with Gasteiger partial charge in [-0.1, -0.05) is 0 Å². The molecule has 0 fully saturated rings. The number of aromatic nitrogens is 1. The number of nitrogens with two attached hydrogens (primary N) is 1. The van der Waals surface area contributed by atoms with E-state index >= 15 is 0 Å². The maximum absolute atomic E-state index is 11.9. The number of hydrogen-bond acceptors (Lipinski definition) is 4. The van der Waals surface area contributed by atoms with Gasteiger partial charge in [0.05, 0.1) is 10.4 Å². The van der Waals surface area contributed by atoms with Crippen molar-refractivity contribution < 1.29 is 4.79 Å². The summed E-state index contributed by atoms with van der Waals surface area (Å²) < 4.78 is 0.925. The third-order valence-electron chi connectivity index (χ3n) is 2.45. The zero-order chi connectivity index (χ0) is 13.0. The molecule has 0 aliphatic heterocycles. The van der Waals surface area contributed by atoms with E-state index in [2.05, 4.69) is 22.1 Å². The number of nitrogens with zero attached hydrogens (tertiary/aromatic N) is 1. The predicted molar refractivity (Wildman–Crippen MR) is 74.4 cm³/mol. The van der Waals surface area contributed by atoms with Crippen LogP contribution in [0.15, 0.2) is 18.5 Å². The van der Waals surface area contributed by atoms with Gasteiger partial charge in [0.2, 0.25) is 0 Å². The van der Waals surface area contributed by atoms with Crippen molar-refractivity contribution in [3.63, 3.8) is 0 Å². The fourth-order valence-electron chi connectivity index (χ4n) is 1.58. The number of nitrogens with one attached hydrogen (secondary N) is 1. The van der Waals surface area contributed by atoms with Crippen molar-refractivity contribution in [1.29, 1.82) is 0 Å². The molecule has 0 atom stereocenters. The maximum atomic E-state index is 11.9. The summed E-state index contributed by atoms with van der Waals surface area (Å²) in [6, 6.07) is 1.82. The van der Waals surface area contributed by atoms with Gasteiger partial charge in [-0.25, -0.2) is 0 Å². The van der Waals surface area contributed by atoms with Gasteiger partial charge >= 0.3 is 0 Å². The highest BCUT2D eigenvalue weighted by Crippen LogP contribution is 2.32. The molecular weight excluding hydrogens is 246 g/mol. The number of anilines is 1. The quantitative estimate of drug-likeness (QED) is 0.654. The molecular formula is C13H13N3OS. The third kappa shape index (κ3) is 2.44. The van der Waals surface area contributed by atoms with Gasteiger partial charge in [-0.05, 0) is 13.0 Å². The van der Waals surface area contributed by atoms with Crippen molar-refractivity contribution in [1.82, 2.24) is 10.3 Å². The Labute approximate surface area is 109 Å². The summed E-state index contributed by atoms with van der Waals surface area (Å²) in [6.45, 7) is 2.31. The number of carbonyl (C=O) groups is 1. The van der Waals surface area contributed by atoms with Gasteiger partial charge in [0.25, 0.3) is 5.91 Å². The first-order chi connectivity index (χ1) is 8.74. The molecule has 2 heterocycles. The minimum Gasteiger partial charge on any atom is -0.397 e. The Morgan fingerprint density at radius 3 is 3.17 bits per heavy atom. The minimum absolute atomic E-state index is 0.147. The van der Waals surface area contributed by atoms with Crippen LogP contribution in [0.25, 0.3) is 10.1 Å². The lowest BCUT2D eigenvalue weighted by Gasteiger charge is -2.01. The van der Waals surface area contributed by atoms with Crippen LogP contribution in [-0.4, -0.2) is 17.4 Å². The predicted octanol–water partition coefficient (Wildman–Crippen LogP) is 2.02. The molecule has 0 spiro atoms. The molecule has 2 aromatic heterocycles. The lowest BCUT2D eigenvalue weighted by atomic mass is 10.2. The van der Waals surface area contributed by atoms with Crippen LogP contribution in [-0.2, 0) is 0 Å². The normalized spacial score (nSPS) is 9.83. The summed E-state index contributed by atoms with van der Waals surface area (Å²) in [5.74, 6) is 5.53. The number of rotatable bonds is 3. The highest BCUT2D eigenvalue weighted by Gasteiger charge is 2.15. The summed E-state index contributed by atoms with van der Waals surface area (Å²) >= 11 is 1.36. The Bertz CT molecular complexity index is 636. The summed E-state index contributed by atoms with van der Waals surface area (Å²) in [6.07, 6.45) is 4.04. The van der Waals surface area contributed by atoms with E-state index in [0.29, 0.717) is 23.5 Å². The first kappa shape index (κ1) is 12.4. The Balaban J connectivity index is 2.17. The molecule has 0 aliphatic rings. The van der Waals surface area contributed by atoms with E-state index < -0.39 is 0 Å². The van der Waals surface area contributed by atoms with Crippen LogP contribution in [0.1, 0.15) is 23.0 Å². The highest BCUT2D eigenvalue weighted by molar-refractivity contribution is 7.21. The Hall–Kier alpha value is -2.06. The average Bonchev–Trinajstić information content (AvgIpc) is 2.73. The summed E-state index contributed by atoms with van der Waals surface area (Å²) in [7, 11) is 0. The molecule has 18 heavy (non-hydrogen) atoms. The summed E-state index contributed by atoms with van der Waals surface area (Å²) in [5, 5.41) is 3.69. The van der Waals surface area contributed by atoms with Crippen molar-refractivity contribution in [2.24, 2.45) is 0 Å². The number of nitrogen functional groups attached to an aromatic ring is 1. The maximum Gasteiger partial charge on any atom is 0.263 e. The van der Waals surface area contributed by atoms with Gasteiger partial charge in [0.1, 0.15) is 4.88 Å². The van der Waals surface area contributed by atoms with Gasteiger partial charge in [-0.15, -0.1) is 23.2 Å². The van der Waals surface area contributed by atoms with Gasteiger partial charge < -0.3 is 11.1 Å². The van der Waals surface area contributed by atoms with Gasteiger partial charge in [0, 0.05) is 30.7 Å². The molecule has 2 aromatic rings. The molecule has 4 nitrogen and oxygen atoms in total. The van der Waals surface area contributed by atoms with Gasteiger partial charge in [-0.3, -0.25) is 9.78 Å². The second kappa shape index (κ2) is 5.52. The minimum atomic E-state index is -0.147. The molecule has 2 rings (SSSR count). The number of carbonyl (C=O) groups excluding carboxylic acids is 1. The molecule has 3 N–H and O–H groups in total. The van der Waals surface area contributed by atoms with Crippen LogP contribution in [0.2, 0.25) is 0 Å². The second-order valence-electron chi connectivity index (χ2n) is 3.65. The van der Waals surface area contributed by atoms with E-state index in [1.807, 2.05) is 6.07 Å². The number of thiophene rings is 1. The first-order valence-electron chi connectivity index (χ1n) is 5.54. The third-order valence-corrected chi connectivity index (χ3v) is 3.60. The van der Waals surface area contributed by atoms with Crippen LogP contribution in [0.3, 0.4) is 0 Å². The largest absolute Gasteiger partial charge is 0.397 e. The molecule has 0 radical (unpaired) electrons. The fraction of sp³-hybridized carbons (Fsp3) is 0.231. The van der Waals surface area contributed by atoms with Crippen molar-refractivity contribution in [2.45, 2.75) is 13.3 Å². The van der Waals surface area contributed by atoms with Crippen LogP contribution in [0.4, 0.5) is 5.69 Å². The Morgan fingerprint density at radius 2 is 2.44 bits per heavy atom. The molecule has 0 saturated carbocycles. The molecule has 0 bridgehead atoms. The molecule has 0 unspecified atom stereocenters. The summed E-state index contributed by atoms with van der Waals surface area (Å²) in [5.41, 5.74) is 6.49. The van der Waals surface area contributed by atoms with E-state index in [0.717, 1.165) is 10.1 Å². The van der Waals surface area contributed by atoms with Crippen LogP contribution < -0.4 is 11.1 Å². The lowest BCUT2D eigenvalue weighted by molar-refractivity contribution is 0.0959. The van der Waals surface area contributed by atoms with E-state index in [9.17, 15) is 4.79 Å². The van der Waals surface area contributed by atoms with Crippen molar-refractivity contribution in [3.8, 4) is 11.8 Å². The molecule has 0 aliphatic carbocycles. The smallest absolute Gasteiger partial charge is 0.263 e.